The van der Waals surface area contributed by atoms with Crippen molar-refractivity contribution in [2.75, 3.05) is 18.0 Å². The van der Waals surface area contributed by atoms with Crippen LogP contribution in [0, 0.1) is 0 Å². The molecule has 0 saturated carbocycles. The van der Waals surface area contributed by atoms with Crippen LogP contribution in [0.3, 0.4) is 0 Å². The van der Waals surface area contributed by atoms with Gasteiger partial charge in [-0.2, -0.15) is 0 Å². The van der Waals surface area contributed by atoms with Gasteiger partial charge in [-0.1, -0.05) is 20.8 Å². The third-order valence-corrected chi connectivity index (χ3v) is 3.93. The normalized spacial score (nSPS) is 18.4. The van der Waals surface area contributed by atoms with E-state index in [9.17, 15) is 8.78 Å². The van der Waals surface area contributed by atoms with E-state index in [4.69, 9.17) is 0 Å². The molecule has 0 radical (unpaired) electrons. The largest absolute Gasteiger partial charge is 0.348 e. The van der Waals surface area contributed by atoms with Crippen LogP contribution in [0.2, 0.25) is 0 Å². The standard InChI is InChI=1S/C15H21F2N5/c1-5-21-9-18-10-11(21)19-13(14(2,3)4)20-12(10)22-7-6-15(16,17)8-22/h9H,5-8H2,1-4H3. The second-order valence-electron chi connectivity index (χ2n) is 6.85. The number of anilines is 1. The fourth-order valence-electron chi connectivity index (χ4n) is 2.63. The number of hydrogen-bond acceptors (Lipinski definition) is 4. The van der Waals surface area contributed by atoms with Crippen molar-refractivity contribution in [3.8, 4) is 0 Å². The molecule has 1 fully saturated rings. The molecule has 0 N–H and O–H groups in total. The number of nitrogens with zero attached hydrogens (tertiary/aromatic N) is 5. The minimum Gasteiger partial charge on any atom is -0.348 e. The molecule has 120 valence electrons. The smallest absolute Gasteiger partial charge is 0.266 e. The van der Waals surface area contributed by atoms with Gasteiger partial charge in [-0.05, 0) is 6.92 Å². The Morgan fingerprint density at radius 1 is 1.27 bits per heavy atom. The monoisotopic (exact) mass is 309 g/mol. The number of hydrogen-bond donors (Lipinski definition) is 0. The first-order chi connectivity index (χ1) is 10.2. The van der Waals surface area contributed by atoms with Crippen LogP contribution in [0.1, 0.15) is 39.9 Å². The number of halogens is 2. The lowest BCUT2D eigenvalue weighted by atomic mass is 9.96. The maximum Gasteiger partial charge on any atom is 0.266 e. The highest BCUT2D eigenvalue weighted by Crippen LogP contribution is 2.34. The Morgan fingerprint density at radius 2 is 2.00 bits per heavy atom. The SMILES string of the molecule is CCn1cnc2c(N3CCC(F)(F)C3)nc(C(C)(C)C)nc21. The predicted octanol–water partition coefficient (Wildman–Crippen LogP) is 2.99. The van der Waals surface area contributed by atoms with Crippen LogP contribution in [0.5, 0.6) is 0 Å². The Bertz CT molecular complexity index is 702. The lowest BCUT2D eigenvalue weighted by molar-refractivity contribution is 0.0257. The maximum atomic E-state index is 13.6. The fourth-order valence-corrected chi connectivity index (χ4v) is 2.63. The average molecular weight is 309 g/mol. The van der Waals surface area contributed by atoms with Crippen LogP contribution < -0.4 is 4.90 Å². The molecule has 3 heterocycles. The van der Waals surface area contributed by atoms with Gasteiger partial charge in [0.2, 0.25) is 0 Å². The van der Waals surface area contributed by atoms with E-state index < -0.39 is 5.92 Å². The first-order valence-electron chi connectivity index (χ1n) is 7.57. The van der Waals surface area contributed by atoms with Crippen molar-refractivity contribution in [1.82, 2.24) is 19.5 Å². The minimum absolute atomic E-state index is 0.141. The summed E-state index contributed by atoms with van der Waals surface area (Å²) in [6.07, 6.45) is 1.56. The summed E-state index contributed by atoms with van der Waals surface area (Å²) in [6, 6.07) is 0. The van der Waals surface area contributed by atoms with Crippen LogP contribution >= 0.6 is 0 Å². The molecule has 0 atom stereocenters. The first-order valence-corrected chi connectivity index (χ1v) is 7.57. The van der Waals surface area contributed by atoms with E-state index in [-0.39, 0.29) is 18.4 Å². The first kappa shape index (κ1) is 15.1. The summed E-state index contributed by atoms with van der Waals surface area (Å²) < 4.78 is 29.1. The van der Waals surface area contributed by atoms with Crippen molar-refractivity contribution in [3.63, 3.8) is 0 Å². The van der Waals surface area contributed by atoms with E-state index in [0.29, 0.717) is 29.4 Å². The van der Waals surface area contributed by atoms with E-state index in [1.54, 1.807) is 11.2 Å². The summed E-state index contributed by atoms with van der Waals surface area (Å²) in [4.78, 5) is 15.2. The van der Waals surface area contributed by atoms with Crippen molar-refractivity contribution in [1.29, 1.82) is 0 Å². The van der Waals surface area contributed by atoms with Crippen molar-refractivity contribution in [3.05, 3.63) is 12.2 Å². The zero-order valence-electron chi connectivity index (χ0n) is 13.4. The van der Waals surface area contributed by atoms with Crippen LogP contribution in [0.4, 0.5) is 14.6 Å². The van der Waals surface area contributed by atoms with Crippen LogP contribution in [0.15, 0.2) is 6.33 Å². The third kappa shape index (κ3) is 2.53. The van der Waals surface area contributed by atoms with Crippen molar-refractivity contribution < 1.29 is 8.78 Å². The maximum absolute atomic E-state index is 13.6. The van der Waals surface area contributed by atoms with Gasteiger partial charge in [-0.15, -0.1) is 0 Å². The van der Waals surface area contributed by atoms with Gasteiger partial charge in [0.1, 0.15) is 5.82 Å². The number of imidazole rings is 1. The third-order valence-electron chi connectivity index (χ3n) is 3.93. The Hall–Kier alpha value is -1.79. The van der Waals surface area contributed by atoms with E-state index in [1.807, 2.05) is 32.3 Å². The average Bonchev–Trinajstić information content (AvgIpc) is 2.99. The predicted molar refractivity (Wildman–Crippen MR) is 81.5 cm³/mol. The quantitative estimate of drug-likeness (QED) is 0.855. The molecular formula is C15H21F2N5. The topological polar surface area (TPSA) is 46.8 Å². The van der Waals surface area contributed by atoms with Gasteiger partial charge >= 0.3 is 0 Å². The molecule has 0 aromatic carbocycles. The molecule has 1 aliphatic rings. The van der Waals surface area contributed by atoms with Gasteiger partial charge in [0.25, 0.3) is 5.92 Å². The Morgan fingerprint density at radius 3 is 2.55 bits per heavy atom. The molecule has 0 bridgehead atoms. The summed E-state index contributed by atoms with van der Waals surface area (Å²) >= 11 is 0. The van der Waals surface area contributed by atoms with E-state index in [0.717, 1.165) is 6.54 Å². The molecule has 22 heavy (non-hydrogen) atoms. The van der Waals surface area contributed by atoms with E-state index in [2.05, 4.69) is 15.0 Å². The zero-order chi connectivity index (χ0) is 16.1. The molecule has 0 amide bonds. The van der Waals surface area contributed by atoms with Crippen molar-refractivity contribution in [2.45, 2.75) is 52.0 Å². The second-order valence-corrected chi connectivity index (χ2v) is 6.85. The van der Waals surface area contributed by atoms with Gasteiger partial charge in [0.15, 0.2) is 17.0 Å². The van der Waals surface area contributed by atoms with Gasteiger partial charge in [0.05, 0.1) is 12.9 Å². The molecule has 2 aromatic rings. The van der Waals surface area contributed by atoms with Crippen LogP contribution in [-0.4, -0.2) is 38.5 Å². The highest BCUT2D eigenvalue weighted by atomic mass is 19.3. The molecule has 7 heteroatoms. The van der Waals surface area contributed by atoms with Crippen molar-refractivity contribution >= 4 is 17.0 Å². The molecular weight excluding hydrogens is 288 g/mol. The van der Waals surface area contributed by atoms with Gasteiger partial charge in [-0.25, -0.2) is 23.7 Å². The number of rotatable bonds is 2. The summed E-state index contributed by atoms with van der Waals surface area (Å²) in [7, 11) is 0. The number of aromatic nitrogens is 4. The Balaban J connectivity index is 2.17. The van der Waals surface area contributed by atoms with Crippen LogP contribution in [0.25, 0.3) is 11.2 Å². The number of alkyl halides is 2. The molecule has 1 saturated heterocycles. The minimum atomic E-state index is -2.66. The molecule has 1 aliphatic heterocycles. The zero-order valence-corrected chi connectivity index (χ0v) is 13.4. The van der Waals surface area contributed by atoms with Crippen molar-refractivity contribution in [2.24, 2.45) is 0 Å². The van der Waals surface area contributed by atoms with Gasteiger partial charge in [0, 0.05) is 24.9 Å². The van der Waals surface area contributed by atoms with Gasteiger partial charge in [-0.3, -0.25) is 0 Å². The molecule has 2 aromatic heterocycles. The summed E-state index contributed by atoms with van der Waals surface area (Å²) in [6.45, 7) is 8.77. The lowest BCUT2D eigenvalue weighted by Crippen LogP contribution is -2.27. The molecule has 0 unspecified atom stereocenters. The number of aryl methyl sites for hydroxylation is 1. The Labute approximate surface area is 128 Å². The fraction of sp³-hybridized carbons (Fsp3) is 0.667. The van der Waals surface area contributed by atoms with E-state index in [1.165, 1.54) is 0 Å². The Kier molecular flexibility index (Phi) is 3.34. The second kappa shape index (κ2) is 4.86. The lowest BCUT2D eigenvalue weighted by Gasteiger charge is -2.22. The highest BCUT2D eigenvalue weighted by Gasteiger charge is 2.40. The van der Waals surface area contributed by atoms with Gasteiger partial charge < -0.3 is 9.47 Å². The molecule has 0 spiro atoms. The molecule has 5 nitrogen and oxygen atoms in total. The summed E-state index contributed by atoms with van der Waals surface area (Å²) in [5.74, 6) is -1.48. The summed E-state index contributed by atoms with van der Waals surface area (Å²) in [5.41, 5.74) is 1.06. The summed E-state index contributed by atoms with van der Waals surface area (Å²) in [5, 5.41) is 0. The highest BCUT2D eigenvalue weighted by molar-refractivity contribution is 5.84. The van der Waals surface area contributed by atoms with Crippen LogP contribution in [-0.2, 0) is 12.0 Å². The number of fused-ring (bicyclic) bond motifs is 1. The molecule has 0 aliphatic carbocycles. The van der Waals surface area contributed by atoms with E-state index >= 15 is 0 Å². The molecule has 3 rings (SSSR count).